The van der Waals surface area contributed by atoms with Gasteiger partial charge in [0.2, 0.25) is 0 Å². The van der Waals surface area contributed by atoms with Gasteiger partial charge in [0.1, 0.15) is 13.2 Å². The zero-order chi connectivity index (χ0) is 45.1. The maximum Gasteiger partial charge on any atom is 0.306 e. The summed E-state index contributed by atoms with van der Waals surface area (Å²) in [4.78, 5) is 37.6. The van der Waals surface area contributed by atoms with Gasteiger partial charge in [-0.15, -0.1) is 0 Å². The molecule has 0 radical (unpaired) electrons. The fourth-order valence-electron chi connectivity index (χ4n) is 5.84. The maximum atomic E-state index is 12.7. The summed E-state index contributed by atoms with van der Waals surface area (Å²) in [5.41, 5.74) is 0. The molecule has 0 saturated heterocycles. The smallest absolute Gasteiger partial charge is 0.306 e. The number of ether oxygens (including phenoxy) is 3. The molecule has 0 saturated carbocycles. The number of carbonyl (C=O) groups excluding carboxylic acids is 3. The molecule has 0 amide bonds. The lowest BCUT2D eigenvalue weighted by molar-refractivity contribution is -0.166. The SMILES string of the molecule is CC/C=C\C/C=C\C/C=C\C/C=C\C/C=C\C/C=C\C/C=C\CCCCCC(=O)OCC(COC(=O)CCCCCCCC)OC(=O)CC/C=C\C/C=C\C/C=C\C/C=C\CC. The van der Waals surface area contributed by atoms with E-state index in [1.165, 1.54) is 19.3 Å². The van der Waals surface area contributed by atoms with E-state index in [2.05, 4.69) is 142 Å². The van der Waals surface area contributed by atoms with Gasteiger partial charge in [-0.1, -0.05) is 193 Å². The van der Waals surface area contributed by atoms with E-state index in [9.17, 15) is 14.4 Å². The molecule has 0 bridgehead atoms. The first kappa shape index (κ1) is 57.5. The molecule has 0 aliphatic heterocycles. The van der Waals surface area contributed by atoms with Crippen LogP contribution < -0.4 is 0 Å². The van der Waals surface area contributed by atoms with Crippen molar-refractivity contribution in [1.29, 1.82) is 0 Å². The average molecular weight is 855 g/mol. The van der Waals surface area contributed by atoms with E-state index in [4.69, 9.17) is 14.2 Å². The molecule has 0 rings (SSSR count). The van der Waals surface area contributed by atoms with Gasteiger partial charge in [0, 0.05) is 19.3 Å². The molecule has 0 aliphatic rings. The van der Waals surface area contributed by atoms with Gasteiger partial charge < -0.3 is 14.2 Å². The van der Waals surface area contributed by atoms with Crippen LogP contribution in [0.3, 0.4) is 0 Å². The van der Waals surface area contributed by atoms with Gasteiger partial charge in [-0.3, -0.25) is 14.4 Å². The molecule has 62 heavy (non-hydrogen) atoms. The van der Waals surface area contributed by atoms with E-state index in [0.717, 1.165) is 116 Å². The predicted octanol–water partition coefficient (Wildman–Crippen LogP) is 15.9. The Hall–Kier alpha value is -4.45. The number of carbonyl (C=O) groups is 3. The molecule has 0 aromatic carbocycles. The number of rotatable bonds is 41. The molecule has 0 aromatic rings. The van der Waals surface area contributed by atoms with E-state index in [0.29, 0.717) is 19.3 Å². The van der Waals surface area contributed by atoms with Crippen molar-refractivity contribution in [3.05, 3.63) is 134 Å². The zero-order valence-electron chi connectivity index (χ0n) is 39.3. The third-order valence-corrected chi connectivity index (χ3v) is 9.41. The minimum absolute atomic E-state index is 0.122. The van der Waals surface area contributed by atoms with Crippen LogP contribution in [-0.2, 0) is 28.6 Å². The van der Waals surface area contributed by atoms with Crippen LogP contribution >= 0.6 is 0 Å². The van der Waals surface area contributed by atoms with Crippen molar-refractivity contribution >= 4 is 17.9 Å². The van der Waals surface area contributed by atoms with Crippen LogP contribution in [0.25, 0.3) is 0 Å². The molecule has 6 heteroatoms. The summed E-state index contributed by atoms with van der Waals surface area (Å²) < 4.78 is 16.5. The highest BCUT2D eigenvalue weighted by Crippen LogP contribution is 2.10. The first-order valence-electron chi connectivity index (χ1n) is 24.2. The fraction of sp³-hybridized carbons (Fsp3) is 0.554. The highest BCUT2D eigenvalue weighted by molar-refractivity contribution is 5.71. The first-order valence-corrected chi connectivity index (χ1v) is 24.2. The Balaban J connectivity index is 4.36. The molecular formula is C56H86O6. The van der Waals surface area contributed by atoms with Gasteiger partial charge in [-0.05, 0) is 103 Å². The first-order chi connectivity index (χ1) is 30.5. The molecule has 346 valence electrons. The van der Waals surface area contributed by atoms with Crippen LogP contribution in [0.15, 0.2) is 134 Å². The van der Waals surface area contributed by atoms with Crippen molar-refractivity contribution in [3.8, 4) is 0 Å². The number of allylic oxidation sites excluding steroid dienone is 22. The van der Waals surface area contributed by atoms with Crippen molar-refractivity contribution < 1.29 is 28.6 Å². The van der Waals surface area contributed by atoms with Crippen molar-refractivity contribution in [2.45, 2.75) is 187 Å². The van der Waals surface area contributed by atoms with Crippen LogP contribution in [0, 0.1) is 0 Å². The molecule has 0 N–H and O–H groups in total. The van der Waals surface area contributed by atoms with E-state index in [1.807, 2.05) is 12.2 Å². The van der Waals surface area contributed by atoms with Crippen LogP contribution in [0.4, 0.5) is 0 Å². The second-order valence-corrected chi connectivity index (χ2v) is 15.3. The number of esters is 3. The molecule has 1 unspecified atom stereocenters. The molecule has 0 aliphatic carbocycles. The quantitative estimate of drug-likeness (QED) is 0.0264. The third-order valence-electron chi connectivity index (χ3n) is 9.41. The van der Waals surface area contributed by atoms with Gasteiger partial charge in [-0.25, -0.2) is 0 Å². The average Bonchev–Trinajstić information content (AvgIpc) is 3.27. The standard InChI is InChI=1S/C56H86O6/c1-4-7-10-13-16-18-20-22-23-24-25-26-27-28-29-30-31-32-33-35-36-38-40-43-46-49-55(58)61-52-53(51-60-54(57)48-45-42-15-12-9-6-3)62-56(59)50-47-44-41-39-37-34-21-19-17-14-11-8-5-2/h7-8,10-11,16-19,22-23,25-26,28-29,31-32,34-37,41,44,53H,4-6,9,12-15,20-21,24,27,30,33,38-40,42-43,45-52H2,1-3H3/b10-7-,11-8-,18-16-,19-17-,23-22-,26-25-,29-28-,32-31-,36-35-,37-34-,44-41-. The summed E-state index contributed by atoms with van der Waals surface area (Å²) in [7, 11) is 0. The Morgan fingerprint density at radius 2 is 0.661 bits per heavy atom. The zero-order valence-corrected chi connectivity index (χ0v) is 39.3. The Morgan fingerprint density at radius 1 is 0.339 bits per heavy atom. The lowest BCUT2D eigenvalue weighted by Crippen LogP contribution is -2.30. The predicted molar refractivity (Wildman–Crippen MR) is 265 cm³/mol. The Kier molecular flexibility index (Phi) is 45.7. The molecule has 0 spiro atoms. The van der Waals surface area contributed by atoms with Gasteiger partial charge in [0.25, 0.3) is 0 Å². The fourth-order valence-corrected chi connectivity index (χ4v) is 5.84. The Bertz CT molecular complexity index is 1400. The van der Waals surface area contributed by atoms with Crippen LogP contribution in [0.5, 0.6) is 0 Å². The number of hydrogen-bond donors (Lipinski definition) is 0. The summed E-state index contributed by atoms with van der Waals surface area (Å²) >= 11 is 0. The number of unbranched alkanes of at least 4 members (excludes halogenated alkanes) is 8. The van der Waals surface area contributed by atoms with E-state index >= 15 is 0 Å². The van der Waals surface area contributed by atoms with Crippen molar-refractivity contribution in [2.24, 2.45) is 0 Å². The molecule has 0 heterocycles. The molecule has 0 aromatic heterocycles. The summed E-state index contributed by atoms with van der Waals surface area (Å²) in [6.45, 7) is 6.21. The lowest BCUT2D eigenvalue weighted by atomic mass is 10.1. The summed E-state index contributed by atoms with van der Waals surface area (Å²) in [6, 6.07) is 0. The van der Waals surface area contributed by atoms with E-state index in [1.54, 1.807) is 0 Å². The van der Waals surface area contributed by atoms with Crippen molar-refractivity contribution in [2.75, 3.05) is 13.2 Å². The van der Waals surface area contributed by atoms with Gasteiger partial charge in [-0.2, -0.15) is 0 Å². The summed E-state index contributed by atoms with van der Waals surface area (Å²) in [5, 5.41) is 0. The highest BCUT2D eigenvalue weighted by atomic mass is 16.6. The maximum absolute atomic E-state index is 12.7. The van der Waals surface area contributed by atoms with E-state index < -0.39 is 12.1 Å². The van der Waals surface area contributed by atoms with Gasteiger partial charge in [0.05, 0.1) is 0 Å². The normalized spacial score (nSPS) is 13.3. The summed E-state index contributed by atoms with van der Waals surface area (Å²) in [5.74, 6) is -1.06. The second-order valence-electron chi connectivity index (χ2n) is 15.3. The summed E-state index contributed by atoms with van der Waals surface area (Å²) in [6.07, 6.45) is 69.1. The minimum atomic E-state index is -0.830. The van der Waals surface area contributed by atoms with Crippen molar-refractivity contribution in [1.82, 2.24) is 0 Å². The van der Waals surface area contributed by atoms with Crippen LogP contribution in [0.2, 0.25) is 0 Å². The molecule has 0 fully saturated rings. The monoisotopic (exact) mass is 855 g/mol. The highest BCUT2D eigenvalue weighted by Gasteiger charge is 2.19. The van der Waals surface area contributed by atoms with Crippen LogP contribution in [0.1, 0.15) is 181 Å². The topological polar surface area (TPSA) is 78.9 Å². The third kappa shape index (κ3) is 46.6. The number of hydrogen-bond acceptors (Lipinski definition) is 6. The molecule has 1 atom stereocenters. The van der Waals surface area contributed by atoms with E-state index in [-0.39, 0.29) is 31.6 Å². The Morgan fingerprint density at radius 3 is 1.05 bits per heavy atom. The van der Waals surface area contributed by atoms with Gasteiger partial charge in [0.15, 0.2) is 6.10 Å². The minimum Gasteiger partial charge on any atom is -0.462 e. The largest absolute Gasteiger partial charge is 0.462 e. The second kappa shape index (κ2) is 49.2. The molecule has 6 nitrogen and oxygen atoms in total. The Labute approximate surface area is 379 Å². The molecular weight excluding hydrogens is 769 g/mol. The van der Waals surface area contributed by atoms with Gasteiger partial charge >= 0.3 is 17.9 Å². The van der Waals surface area contributed by atoms with Crippen molar-refractivity contribution in [3.63, 3.8) is 0 Å². The lowest BCUT2D eigenvalue weighted by Gasteiger charge is -2.18. The van der Waals surface area contributed by atoms with Crippen LogP contribution in [-0.4, -0.2) is 37.2 Å².